The Hall–Kier alpha value is -2.86. The predicted octanol–water partition coefficient (Wildman–Crippen LogP) is 2.67. The smallest absolute Gasteiger partial charge is 0.266 e. The van der Waals surface area contributed by atoms with Gasteiger partial charge in [-0.05, 0) is 35.5 Å². The highest BCUT2D eigenvalue weighted by Crippen LogP contribution is 2.21. The largest absolute Gasteiger partial charge is 0.383 e. The molecule has 5 nitrogen and oxygen atoms in total. The van der Waals surface area contributed by atoms with Gasteiger partial charge in [0.1, 0.15) is 5.82 Å². The third-order valence-electron chi connectivity index (χ3n) is 3.21. The van der Waals surface area contributed by atoms with Crippen LogP contribution in [0.2, 0.25) is 0 Å². The minimum atomic E-state index is -0.291. The first kappa shape index (κ1) is 14.1. The van der Waals surface area contributed by atoms with E-state index in [2.05, 4.69) is 22.5 Å². The zero-order valence-corrected chi connectivity index (χ0v) is 12.4. The van der Waals surface area contributed by atoms with E-state index in [0.29, 0.717) is 5.11 Å². The summed E-state index contributed by atoms with van der Waals surface area (Å²) in [6, 6.07) is 19.2. The van der Waals surface area contributed by atoms with Crippen molar-refractivity contribution in [2.24, 2.45) is 0 Å². The van der Waals surface area contributed by atoms with Gasteiger partial charge in [-0.2, -0.15) is 0 Å². The summed E-state index contributed by atoms with van der Waals surface area (Å²) < 4.78 is 1.34. The van der Waals surface area contributed by atoms with Gasteiger partial charge in [-0.25, -0.2) is 4.68 Å². The Morgan fingerprint density at radius 3 is 2.27 bits per heavy atom. The van der Waals surface area contributed by atoms with Gasteiger partial charge in [-0.15, -0.1) is 0 Å². The summed E-state index contributed by atoms with van der Waals surface area (Å²) in [5.74, 6) is 0.267. The molecule has 0 aliphatic rings. The number of nitrogens with zero attached hydrogens (tertiary/aromatic N) is 1. The van der Waals surface area contributed by atoms with Crippen LogP contribution in [0, 0.1) is 0 Å². The summed E-state index contributed by atoms with van der Waals surface area (Å²) in [5, 5.41) is 5.88. The average molecular weight is 310 g/mol. The Labute approximate surface area is 132 Å². The van der Waals surface area contributed by atoms with Crippen LogP contribution in [0.15, 0.2) is 65.5 Å². The van der Waals surface area contributed by atoms with Gasteiger partial charge in [0.2, 0.25) is 0 Å². The molecule has 0 spiro atoms. The maximum atomic E-state index is 11.2. The molecule has 22 heavy (non-hydrogen) atoms. The number of nitrogens with two attached hydrogens (primary N) is 1. The van der Waals surface area contributed by atoms with Crippen molar-refractivity contribution in [1.82, 2.24) is 9.78 Å². The summed E-state index contributed by atoms with van der Waals surface area (Å²) in [4.78, 5) is 11.2. The first-order chi connectivity index (χ1) is 10.6. The van der Waals surface area contributed by atoms with Gasteiger partial charge in [-0.3, -0.25) is 9.89 Å². The molecule has 6 heteroatoms. The summed E-state index contributed by atoms with van der Waals surface area (Å²) in [5.41, 5.74) is 8.49. The van der Waals surface area contributed by atoms with Gasteiger partial charge in [-0.1, -0.05) is 42.5 Å². The molecule has 0 saturated carbocycles. The van der Waals surface area contributed by atoms with E-state index in [1.807, 2.05) is 42.5 Å². The number of H-pyrrole nitrogens is 1. The van der Waals surface area contributed by atoms with E-state index in [0.717, 1.165) is 16.8 Å². The van der Waals surface area contributed by atoms with Gasteiger partial charge in [0.15, 0.2) is 5.11 Å². The Morgan fingerprint density at radius 1 is 1.05 bits per heavy atom. The number of hydrogen-bond donors (Lipinski definition) is 3. The normalized spacial score (nSPS) is 10.4. The Kier molecular flexibility index (Phi) is 3.76. The molecule has 0 bridgehead atoms. The number of thiocarbonyl (C=S) groups is 1. The monoisotopic (exact) mass is 310 g/mol. The molecular formula is C16H14N4OS. The van der Waals surface area contributed by atoms with Crippen molar-refractivity contribution in [3.63, 3.8) is 0 Å². The van der Waals surface area contributed by atoms with Crippen molar-refractivity contribution >= 4 is 28.8 Å². The van der Waals surface area contributed by atoms with Crippen molar-refractivity contribution in [3.05, 3.63) is 71.0 Å². The zero-order chi connectivity index (χ0) is 15.5. The topological polar surface area (TPSA) is 75.8 Å². The minimum Gasteiger partial charge on any atom is -0.383 e. The van der Waals surface area contributed by atoms with E-state index in [1.54, 1.807) is 0 Å². The lowest BCUT2D eigenvalue weighted by molar-refractivity contribution is 0.935. The van der Waals surface area contributed by atoms with Gasteiger partial charge in [0.05, 0.1) is 0 Å². The standard InChI is InChI=1S/C16H14N4OS/c17-14-10-15(21)19-20(14)16(22)18-13-8-6-12(7-9-13)11-4-2-1-3-5-11/h1-10H,17H2,(H,18,22)(H,19,21). The first-order valence-corrected chi connectivity index (χ1v) is 7.09. The van der Waals surface area contributed by atoms with Gasteiger partial charge in [0.25, 0.3) is 5.56 Å². The second-order valence-electron chi connectivity index (χ2n) is 4.75. The van der Waals surface area contributed by atoms with Crippen LogP contribution in [0.25, 0.3) is 11.1 Å². The van der Waals surface area contributed by atoms with Gasteiger partial charge < -0.3 is 11.1 Å². The van der Waals surface area contributed by atoms with Gasteiger partial charge >= 0.3 is 0 Å². The number of rotatable bonds is 2. The molecular weight excluding hydrogens is 296 g/mol. The Bertz CT molecular complexity index is 850. The summed E-state index contributed by atoms with van der Waals surface area (Å²) >= 11 is 5.23. The third-order valence-corrected chi connectivity index (χ3v) is 3.49. The maximum absolute atomic E-state index is 11.2. The number of benzene rings is 2. The summed E-state index contributed by atoms with van der Waals surface area (Å²) in [6.45, 7) is 0. The highest BCUT2D eigenvalue weighted by molar-refractivity contribution is 7.80. The molecule has 1 heterocycles. The molecule has 4 N–H and O–H groups in total. The highest BCUT2D eigenvalue weighted by Gasteiger charge is 2.06. The molecule has 0 atom stereocenters. The molecule has 0 fully saturated rings. The molecule has 0 aliphatic heterocycles. The Morgan fingerprint density at radius 2 is 1.68 bits per heavy atom. The molecule has 0 aliphatic carbocycles. The fourth-order valence-corrected chi connectivity index (χ4v) is 2.40. The second-order valence-corrected chi connectivity index (χ2v) is 5.14. The zero-order valence-electron chi connectivity index (χ0n) is 11.6. The van der Waals surface area contributed by atoms with Crippen LogP contribution in [0.1, 0.15) is 0 Å². The van der Waals surface area contributed by atoms with Crippen LogP contribution in [0.5, 0.6) is 0 Å². The molecule has 0 unspecified atom stereocenters. The van der Waals surface area contributed by atoms with Crippen molar-refractivity contribution in [3.8, 4) is 11.1 Å². The Balaban J connectivity index is 1.78. The van der Waals surface area contributed by atoms with Crippen molar-refractivity contribution in [2.75, 3.05) is 11.1 Å². The molecule has 1 aromatic heterocycles. The lowest BCUT2D eigenvalue weighted by Crippen LogP contribution is -2.23. The van der Waals surface area contributed by atoms with Crippen LogP contribution < -0.4 is 16.6 Å². The van der Waals surface area contributed by atoms with E-state index >= 15 is 0 Å². The number of aromatic amines is 1. The van der Waals surface area contributed by atoms with E-state index in [1.165, 1.54) is 10.7 Å². The maximum Gasteiger partial charge on any atom is 0.266 e. The molecule has 3 aromatic rings. The van der Waals surface area contributed by atoms with Crippen LogP contribution in [0.3, 0.4) is 0 Å². The first-order valence-electron chi connectivity index (χ1n) is 6.68. The SMILES string of the molecule is Nc1cc(=O)[nH]n1C(=S)Nc1ccc(-c2ccccc2)cc1. The van der Waals surface area contributed by atoms with Crippen molar-refractivity contribution in [2.45, 2.75) is 0 Å². The van der Waals surface area contributed by atoms with E-state index in [-0.39, 0.29) is 11.4 Å². The van der Waals surface area contributed by atoms with Crippen LogP contribution in [-0.4, -0.2) is 14.9 Å². The molecule has 110 valence electrons. The van der Waals surface area contributed by atoms with Crippen LogP contribution >= 0.6 is 12.2 Å². The minimum absolute atomic E-state index is 0.267. The second kappa shape index (κ2) is 5.87. The fourth-order valence-electron chi connectivity index (χ4n) is 2.13. The lowest BCUT2D eigenvalue weighted by Gasteiger charge is -2.10. The highest BCUT2D eigenvalue weighted by atomic mass is 32.1. The number of anilines is 2. The van der Waals surface area contributed by atoms with Gasteiger partial charge in [0, 0.05) is 11.8 Å². The lowest BCUT2D eigenvalue weighted by atomic mass is 10.1. The number of nitrogen functional groups attached to an aromatic ring is 1. The number of aromatic nitrogens is 2. The third kappa shape index (κ3) is 2.91. The fraction of sp³-hybridized carbons (Fsp3) is 0. The molecule has 3 rings (SSSR count). The van der Waals surface area contributed by atoms with E-state index in [4.69, 9.17) is 18.0 Å². The van der Waals surface area contributed by atoms with E-state index in [9.17, 15) is 4.79 Å². The molecule has 0 radical (unpaired) electrons. The number of nitrogens with one attached hydrogen (secondary N) is 2. The molecule has 0 amide bonds. The predicted molar refractivity (Wildman–Crippen MR) is 93.0 cm³/mol. The van der Waals surface area contributed by atoms with Crippen molar-refractivity contribution < 1.29 is 0 Å². The molecule has 2 aromatic carbocycles. The quantitative estimate of drug-likeness (QED) is 0.636. The summed E-state index contributed by atoms with van der Waals surface area (Å²) in [6.07, 6.45) is 0. The van der Waals surface area contributed by atoms with Crippen LogP contribution in [-0.2, 0) is 0 Å². The number of hydrogen-bond acceptors (Lipinski definition) is 3. The van der Waals surface area contributed by atoms with Crippen LogP contribution in [0.4, 0.5) is 11.5 Å². The summed E-state index contributed by atoms with van der Waals surface area (Å²) in [7, 11) is 0. The molecule has 0 saturated heterocycles. The van der Waals surface area contributed by atoms with Crippen molar-refractivity contribution in [1.29, 1.82) is 0 Å². The van der Waals surface area contributed by atoms with E-state index < -0.39 is 0 Å². The average Bonchev–Trinajstić information content (AvgIpc) is 2.88.